The van der Waals surface area contributed by atoms with Gasteiger partial charge in [-0.25, -0.2) is 0 Å². The molecule has 0 spiro atoms. The molecule has 2 rings (SSSR count). The van der Waals surface area contributed by atoms with Crippen molar-refractivity contribution < 1.29 is 14.6 Å². The quantitative estimate of drug-likeness (QED) is 0.682. The van der Waals surface area contributed by atoms with Crippen molar-refractivity contribution in [2.75, 3.05) is 13.2 Å². The predicted molar refractivity (Wildman–Crippen MR) is 55.5 cm³/mol. The van der Waals surface area contributed by atoms with E-state index in [-0.39, 0.29) is 12.6 Å². The van der Waals surface area contributed by atoms with Crippen molar-refractivity contribution in [1.29, 1.82) is 0 Å². The van der Waals surface area contributed by atoms with Gasteiger partial charge in [-0.3, -0.25) is 0 Å². The summed E-state index contributed by atoms with van der Waals surface area (Å²) < 4.78 is 5.37. The van der Waals surface area contributed by atoms with Crippen LogP contribution >= 0.6 is 0 Å². The molecule has 0 aromatic carbocycles. The molecule has 0 bridgehead atoms. The van der Waals surface area contributed by atoms with Crippen LogP contribution in [0, 0.1) is 0 Å². The molecule has 4 nitrogen and oxygen atoms in total. The zero-order chi connectivity index (χ0) is 10.7. The van der Waals surface area contributed by atoms with Gasteiger partial charge in [0.2, 0.25) is 0 Å². The van der Waals surface area contributed by atoms with Crippen LogP contribution in [0.2, 0.25) is 0 Å². The third-order valence-electron chi connectivity index (χ3n) is 2.86. The van der Waals surface area contributed by atoms with Gasteiger partial charge in [-0.1, -0.05) is 0 Å². The zero-order valence-corrected chi connectivity index (χ0v) is 8.65. The molecule has 0 radical (unpaired) electrons. The maximum absolute atomic E-state index is 9.25. The second-order valence-corrected chi connectivity index (χ2v) is 3.99. The summed E-state index contributed by atoms with van der Waals surface area (Å²) in [5.74, 6) is 1.05. The van der Waals surface area contributed by atoms with E-state index in [0.717, 1.165) is 25.0 Å². The number of aliphatic hydroxyl groups is 2. The molecular weight excluding hydrogens is 194 g/mol. The van der Waals surface area contributed by atoms with E-state index < -0.39 is 6.10 Å². The van der Waals surface area contributed by atoms with E-state index in [9.17, 15) is 5.11 Å². The fourth-order valence-electron chi connectivity index (χ4n) is 2.04. The lowest BCUT2D eigenvalue weighted by molar-refractivity contribution is 0.0911. The Morgan fingerprint density at radius 2 is 2.47 bits per heavy atom. The number of rotatable bonds is 4. The Hall–Kier alpha value is -0.840. The molecule has 1 aliphatic carbocycles. The minimum atomic E-state index is -0.678. The average molecular weight is 211 g/mol. The van der Waals surface area contributed by atoms with Crippen molar-refractivity contribution in [2.45, 2.75) is 31.4 Å². The Labute approximate surface area is 88.9 Å². The molecule has 0 saturated heterocycles. The number of furan rings is 1. The summed E-state index contributed by atoms with van der Waals surface area (Å²) >= 11 is 0. The largest absolute Gasteiger partial charge is 0.469 e. The smallest absolute Gasteiger partial charge is 0.108 e. The van der Waals surface area contributed by atoms with Crippen LogP contribution in [0.3, 0.4) is 0 Å². The van der Waals surface area contributed by atoms with Crippen molar-refractivity contribution in [1.82, 2.24) is 5.32 Å². The molecule has 1 aromatic heterocycles. The minimum Gasteiger partial charge on any atom is -0.469 e. The number of hydrogen-bond donors (Lipinski definition) is 3. The standard InChI is InChI=1S/C11H17NO3/c13-7-8(14)6-12-10-2-1-3-11-9(10)4-5-15-11/h4-5,8,10,12-14H,1-3,6-7H2. The summed E-state index contributed by atoms with van der Waals surface area (Å²) in [6.45, 7) is 0.226. The van der Waals surface area contributed by atoms with Crippen LogP contribution in [0.5, 0.6) is 0 Å². The molecule has 1 aliphatic rings. The van der Waals surface area contributed by atoms with Crippen LogP contribution in [-0.2, 0) is 6.42 Å². The molecule has 0 aliphatic heterocycles. The molecule has 0 fully saturated rings. The summed E-state index contributed by atoms with van der Waals surface area (Å²) in [4.78, 5) is 0. The Kier molecular flexibility index (Phi) is 3.41. The van der Waals surface area contributed by atoms with E-state index in [1.807, 2.05) is 6.07 Å². The monoisotopic (exact) mass is 211 g/mol. The lowest BCUT2D eigenvalue weighted by Crippen LogP contribution is -2.33. The lowest BCUT2D eigenvalue weighted by Gasteiger charge is -2.23. The van der Waals surface area contributed by atoms with Gasteiger partial charge in [0.25, 0.3) is 0 Å². The van der Waals surface area contributed by atoms with Crippen molar-refractivity contribution in [3.8, 4) is 0 Å². The predicted octanol–water partition coefficient (Wildman–Crippen LogP) is 0.600. The molecule has 0 saturated carbocycles. The first kappa shape index (κ1) is 10.7. The van der Waals surface area contributed by atoms with Crippen molar-refractivity contribution in [2.24, 2.45) is 0 Å². The maximum atomic E-state index is 9.25. The highest BCUT2D eigenvalue weighted by Gasteiger charge is 2.22. The topological polar surface area (TPSA) is 65.6 Å². The molecule has 1 heterocycles. The van der Waals surface area contributed by atoms with E-state index in [4.69, 9.17) is 9.52 Å². The number of fused-ring (bicyclic) bond motifs is 1. The normalized spacial score (nSPS) is 22.4. The first-order valence-corrected chi connectivity index (χ1v) is 5.40. The Balaban J connectivity index is 1.95. The Morgan fingerprint density at radius 3 is 3.27 bits per heavy atom. The number of aliphatic hydroxyl groups excluding tert-OH is 2. The minimum absolute atomic E-state index is 0.196. The molecule has 1 aromatic rings. The molecule has 4 heteroatoms. The fourth-order valence-corrected chi connectivity index (χ4v) is 2.04. The number of nitrogens with one attached hydrogen (secondary N) is 1. The van der Waals surface area contributed by atoms with Gasteiger partial charge in [0.15, 0.2) is 0 Å². The highest BCUT2D eigenvalue weighted by Crippen LogP contribution is 2.30. The van der Waals surface area contributed by atoms with Gasteiger partial charge >= 0.3 is 0 Å². The molecule has 15 heavy (non-hydrogen) atoms. The molecule has 2 unspecified atom stereocenters. The van der Waals surface area contributed by atoms with Gasteiger partial charge in [0, 0.05) is 24.6 Å². The van der Waals surface area contributed by atoms with Crippen LogP contribution in [0.4, 0.5) is 0 Å². The maximum Gasteiger partial charge on any atom is 0.108 e. The number of aryl methyl sites for hydroxylation is 1. The van der Waals surface area contributed by atoms with Crippen molar-refractivity contribution >= 4 is 0 Å². The summed E-state index contributed by atoms with van der Waals surface area (Å²) in [6, 6.07) is 2.24. The van der Waals surface area contributed by atoms with Gasteiger partial charge in [-0.15, -0.1) is 0 Å². The SMILES string of the molecule is OCC(O)CNC1CCCc2occc21. The highest BCUT2D eigenvalue weighted by molar-refractivity contribution is 5.23. The summed E-state index contributed by atoms with van der Waals surface area (Å²) in [7, 11) is 0. The third kappa shape index (κ3) is 2.40. The van der Waals surface area contributed by atoms with Crippen molar-refractivity contribution in [3.63, 3.8) is 0 Å². The van der Waals surface area contributed by atoms with E-state index >= 15 is 0 Å². The average Bonchev–Trinajstić information content (AvgIpc) is 2.74. The van der Waals surface area contributed by atoms with Gasteiger partial charge in [0.05, 0.1) is 19.0 Å². The molecule has 0 amide bonds. The molecule has 84 valence electrons. The van der Waals surface area contributed by atoms with E-state index in [1.165, 1.54) is 5.56 Å². The van der Waals surface area contributed by atoms with Gasteiger partial charge in [0.1, 0.15) is 5.76 Å². The molecule has 2 atom stereocenters. The van der Waals surface area contributed by atoms with Crippen LogP contribution in [-0.4, -0.2) is 29.5 Å². The van der Waals surface area contributed by atoms with Gasteiger partial charge < -0.3 is 19.9 Å². The van der Waals surface area contributed by atoms with Crippen molar-refractivity contribution in [3.05, 3.63) is 23.7 Å². The van der Waals surface area contributed by atoms with E-state index in [1.54, 1.807) is 6.26 Å². The van der Waals surface area contributed by atoms with Gasteiger partial charge in [-0.2, -0.15) is 0 Å². The Bertz CT molecular complexity index is 311. The van der Waals surface area contributed by atoms with E-state index in [0.29, 0.717) is 6.54 Å². The van der Waals surface area contributed by atoms with E-state index in [2.05, 4.69) is 5.32 Å². The van der Waals surface area contributed by atoms with Crippen LogP contribution in [0.25, 0.3) is 0 Å². The highest BCUT2D eigenvalue weighted by atomic mass is 16.3. The van der Waals surface area contributed by atoms with Gasteiger partial charge in [-0.05, 0) is 18.9 Å². The third-order valence-corrected chi connectivity index (χ3v) is 2.86. The first-order chi connectivity index (χ1) is 7.31. The second kappa shape index (κ2) is 4.79. The summed E-state index contributed by atoms with van der Waals surface area (Å²) in [5, 5.41) is 21.2. The second-order valence-electron chi connectivity index (χ2n) is 3.99. The molecule has 3 N–H and O–H groups in total. The van der Waals surface area contributed by atoms with Crippen LogP contribution in [0.15, 0.2) is 16.7 Å². The summed E-state index contributed by atoms with van der Waals surface area (Å²) in [5.41, 5.74) is 1.20. The fraction of sp³-hybridized carbons (Fsp3) is 0.636. The Morgan fingerprint density at radius 1 is 1.60 bits per heavy atom. The lowest BCUT2D eigenvalue weighted by atomic mass is 9.93. The molecular formula is C11H17NO3. The van der Waals surface area contributed by atoms with Crippen LogP contribution in [0.1, 0.15) is 30.2 Å². The van der Waals surface area contributed by atoms with Crippen LogP contribution < -0.4 is 5.32 Å². The first-order valence-electron chi connectivity index (χ1n) is 5.40. The zero-order valence-electron chi connectivity index (χ0n) is 8.65. The number of hydrogen-bond acceptors (Lipinski definition) is 4. The summed E-state index contributed by atoms with van der Waals surface area (Å²) in [6.07, 6.45) is 4.20.